The van der Waals surface area contributed by atoms with E-state index in [4.69, 9.17) is 9.73 Å². The Morgan fingerprint density at radius 3 is 2.31 bits per heavy atom. The molecule has 1 amide bonds. The number of carbonyl (C=O) groups is 1. The number of piperazine rings is 1. The Labute approximate surface area is 193 Å². The lowest BCUT2D eigenvalue weighted by Gasteiger charge is -2.37. The second-order valence-electron chi connectivity index (χ2n) is 8.29. The van der Waals surface area contributed by atoms with Crippen LogP contribution in [0.2, 0.25) is 0 Å². The molecular formula is C21H40IN5O2. The normalized spacial score (nSPS) is 24.5. The molecule has 8 heteroatoms. The maximum absolute atomic E-state index is 12.5. The largest absolute Gasteiger partial charge is 0.368 e. The van der Waals surface area contributed by atoms with E-state index in [9.17, 15) is 4.79 Å². The van der Waals surface area contributed by atoms with Gasteiger partial charge in [0.2, 0.25) is 0 Å². The number of likely N-dealkylation sites (tertiary alicyclic amines) is 1. The van der Waals surface area contributed by atoms with Gasteiger partial charge in [0.25, 0.3) is 5.91 Å². The van der Waals surface area contributed by atoms with Crippen molar-refractivity contribution in [3.8, 4) is 0 Å². The SMILES string of the molecule is CCCN1CCC(CN=C(NCC)N2CCN(C(=O)C3CCCO3)CC2)CC1.I. The molecule has 0 aromatic carbocycles. The molecule has 0 aromatic rings. The van der Waals surface area contributed by atoms with Crippen LogP contribution in [-0.2, 0) is 9.53 Å². The van der Waals surface area contributed by atoms with Gasteiger partial charge in [0.05, 0.1) is 0 Å². The summed E-state index contributed by atoms with van der Waals surface area (Å²) in [5.41, 5.74) is 0. The van der Waals surface area contributed by atoms with Crippen LogP contribution in [0.15, 0.2) is 4.99 Å². The first-order valence-electron chi connectivity index (χ1n) is 11.4. The highest BCUT2D eigenvalue weighted by atomic mass is 127. The Morgan fingerprint density at radius 1 is 1.03 bits per heavy atom. The molecule has 0 spiro atoms. The topological polar surface area (TPSA) is 60.4 Å². The summed E-state index contributed by atoms with van der Waals surface area (Å²) in [6.07, 6.45) is 5.44. The lowest BCUT2D eigenvalue weighted by molar-refractivity contribution is -0.142. The predicted molar refractivity (Wildman–Crippen MR) is 128 cm³/mol. The average Bonchev–Trinajstić information content (AvgIpc) is 3.27. The number of guanidine groups is 1. The number of amides is 1. The number of hydrogen-bond donors (Lipinski definition) is 1. The van der Waals surface area contributed by atoms with Crippen LogP contribution < -0.4 is 5.32 Å². The van der Waals surface area contributed by atoms with Gasteiger partial charge in [-0.3, -0.25) is 9.79 Å². The van der Waals surface area contributed by atoms with Crippen LogP contribution in [0.4, 0.5) is 0 Å². The van der Waals surface area contributed by atoms with E-state index in [1.54, 1.807) is 0 Å². The van der Waals surface area contributed by atoms with Crippen molar-refractivity contribution in [3.63, 3.8) is 0 Å². The number of piperidine rings is 1. The van der Waals surface area contributed by atoms with Crippen molar-refractivity contribution in [1.29, 1.82) is 0 Å². The molecule has 0 aliphatic carbocycles. The number of aliphatic imine (C=N–C) groups is 1. The summed E-state index contributed by atoms with van der Waals surface area (Å²) in [6.45, 7) is 13.8. The van der Waals surface area contributed by atoms with Crippen LogP contribution in [0.5, 0.6) is 0 Å². The van der Waals surface area contributed by atoms with Crippen molar-refractivity contribution < 1.29 is 9.53 Å². The van der Waals surface area contributed by atoms with E-state index in [1.165, 1.54) is 38.9 Å². The third kappa shape index (κ3) is 7.24. The average molecular weight is 521 g/mol. The van der Waals surface area contributed by atoms with Gasteiger partial charge in [-0.2, -0.15) is 0 Å². The van der Waals surface area contributed by atoms with Crippen molar-refractivity contribution >= 4 is 35.8 Å². The molecular weight excluding hydrogens is 481 g/mol. The molecule has 3 heterocycles. The van der Waals surface area contributed by atoms with Gasteiger partial charge in [0.15, 0.2) is 5.96 Å². The molecule has 7 nitrogen and oxygen atoms in total. The van der Waals surface area contributed by atoms with Crippen molar-refractivity contribution in [3.05, 3.63) is 0 Å². The van der Waals surface area contributed by atoms with Gasteiger partial charge in [0, 0.05) is 45.9 Å². The molecule has 0 saturated carbocycles. The second kappa shape index (κ2) is 12.9. The third-order valence-electron chi connectivity index (χ3n) is 6.18. The van der Waals surface area contributed by atoms with Gasteiger partial charge < -0.3 is 24.8 Å². The molecule has 0 radical (unpaired) electrons. The molecule has 0 aromatic heterocycles. The molecule has 29 heavy (non-hydrogen) atoms. The highest BCUT2D eigenvalue weighted by Crippen LogP contribution is 2.18. The number of nitrogens with zero attached hydrogens (tertiary/aromatic N) is 4. The molecule has 3 saturated heterocycles. The van der Waals surface area contributed by atoms with Crippen molar-refractivity contribution in [2.24, 2.45) is 10.9 Å². The predicted octanol–water partition coefficient (Wildman–Crippen LogP) is 2.02. The molecule has 3 fully saturated rings. The number of halogens is 1. The Bertz CT molecular complexity index is 511. The summed E-state index contributed by atoms with van der Waals surface area (Å²) < 4.78 is 5.56. The van der Waals surface area contributed by atoms with Crippen LogP contribution in [0.1, 0.15) is 46.0 Å². The quantitative estimate of drug-likeness (QED) is 0.329. The zero-order valence-corrected chi connectivity index (χ0v) is 20.6. The number of ether oxygens (including phenoxy) is 1. The standard InChI is InChI=1S/C21H39N5O2.HI/c1-3-9-24-10-7-18(8-11-24)17-23-21(22-4-2)26-14-12-25(13-15-26)20(27)19-6-5-16-28-19;/h18-19H,3-17H2,1-2H3,(H,22,23);1H. The summed E-state index contributed by atoms with van der Waals surface area (Å²) in [6, 6.07) is 0. The van der Waals surface area contributed by atoms with E-state index in [1.807, 2.05) is 4.90 Å². The fourth-order valence-corrected chi connectivity index (χ4v) is 4.46. The molecule has 1 unspecified atom stereocenters. The van der Waals surface area contributed by atoms with Gasteiger partial charge in [-0.25, -0.2) is 0 Å². The van der Waals surface area contributed by atoms with Crippen LogP contribution in [0, 0.1) is 5.92 Å². The minimum atomic E-state index is -0.202. The minimum Gasteiger partial charge on any atom is -0.368 e. The highest BCUT2D eigenvalue weighted by Gasteiger charge is 2.31. The lowest BCUT2D eigenvalue weighted by atomic mass is 9.97. The smallest absolute Gasteiger partial charge is 0.251 e. The number of carbonyl (C=O) groups excluding carboxylic acids is 1. The van der Waals surface area contributed by atoms with E-state index < -0.39 is 0 Å². The van der Waals surface area contributed by atoms with Crippen molar-refractivity contribution in [2.45, 2.75) is 52.1 Å². The molecule has 3 rings (SSSR count). The molecule has 0 bridgehead atoms. The zero-order chi connectivity index (χ0) is 19.8. The maximum Gasteiger partial charge on any atom is 0.251 e. The summed E-state index contributed by atoms with van der Waals surface area (Å²) in [5.74, 6) is 1.89. The fourth-order valence-electron chi connectivity index (χ4n) is 4.46. The van der Waals surface area contributed by atoms with E-state index in [-0.39, 0.29) is 36.0 Å². The summed E-state index contributed by atoms with van der Waals surface area (Å²) in [7, 11) is 0. The number of rotatable bonds is 6. The number of nitrogens with one attached hydrogen (secondary N) is 1. The minimum absolute atomic E-state index is 0. The van der Waals surface area contributed by atoms with E-state index in [2.05, 4.69) is 29.0 Å². The van der Waals surface area contributed by atoms with Crippen molar-refractivity contribution in [1.82, 2.24) is 20.0 Å². The summed E-state index contributed by atoms with van der Waals surface area (Å²) >= 11 is 0. The van der Waals surface area contributed by atoms with Gasteiger partial charge >= 0.3 is 0 Å². The Morgan fingerprint density at radius 2 is 1.72 bits per heavy atom. The second-order valence-corrected chi connectivity index (χ2v) is 8.29. The maximum atomic E-state index is 12.5. The first kappa shape index (κ1) is 24.7. The summed E-state index contributed by atoms with van der Waals surface area (Å²) in [5, 5.41) is 3.46. The monoisotopic (exact) mass is 521 g/mol. The molecule has 1 N–H and O–H groups in total. The fraction of sp³-hybridized carbons (Fsp3) is 0.905. The van der Waals surface area contributed by atoms with Gasteiger partial charge in [0.1, 0.15) is 6.10 Å². The first-order valence-corrected chi connectivity index (χ1v) is 11.4. The van der Waals surface area contributed by atoms with E-state index in [0.717, 1.165) is 64.7 Å². The molecule has 168 valence electrons. The molecule has 1 atom stereocenters. The highest BCUT2D eigenvalue weighted by molar-refractivity contribution is 14.0. The van der Waals surface area contributed by atoms with E-state index in [0.29, 0.717) is 5.92 Å². The molecule has 3 aliphatic heterocycles. The van der Waals surface area contributed by atoms with Gasteiger partial charge in [-0.1, -0.05) is 6.92 Å². The van der Waals surface area contributed by atoms with Crippen LogP contribution in [0.25, 0.3) is 0 Å². The van der Waals surface area contributed by atoms with Gasteiger partial charge in [-0.05, 0) is 64.6 Å². The Balaban J connectivity index is 0.00000300. The van der Waals surface area contributed by atoms with E-state index >= 15 is 0 Å². The summed E-state index contributed by atoms with van der Waals surface area (Å²) in [4.78, 5) is 24.4. The van der Waals surface area contributed by atoms with Crippen LogP contribution in [-0.4, -0.2) is 98.2 Å². The first-order chi connectivity index (χ1) is 13.7. The number of hydrogen-bond acceptors (Lipinski definition) is 4. The zero-order valence-electron chi connectivity index (χ0n) is 18.3. The molecule has 3 aliphatic rings. The lowest BCUT2D eigenvalue weighted by Crippen LogP contribution is -2.55. The van der Waals surface area contributed by atoms with Crippen LogP contribution >= 0.6 is 24.0 Å². The third-order valence-corrected chi connectivity index (χ3v) is 6.18. The van der Waals surface area contributed by atoms with Crippen molar-refractivity contribution in [2.75, 3.05) is 65.5 Å². The Hall–Kier alpha value is -0.610. The van der Waals surface area contributed by atoms with Gasteiger partial charge in [-0.15, -0.1) is 24.0 Å². The Kier molecular flexibility index (Phi) is 11.0. The van der Waals surface area contributed by atoms with Crippen LogP contribution in [0.3, 0.4) is 0 Å².